The monoisotopic (exact) mass is 513 g/mol. The molecule has 0 bridgehead atoms. The average molecular weight is 514 g/mol. The van der Waals surface area contributed by atoms with E-state index in [1.165, 1.54) is 11.1 Å². The molecule has 2 aromatic carbocycles. The molecule has 1 spiro atoms. The molecule has 198 valence electrons. The molecule has 3 aromatic rings. The van der Waals surface area contributed by atoms with Crippen LogP contribution in [-0.2, 0) is 17.6 Å². The zero-order valence-corrected chi connectivity index (χ0v) is 22.0. The Hall–Kier alpha value is -3.65. The summed E-state index contributed by atoms with van der Waals surface area (Å²) in [6.45, 7) is 6.38. The number of carbonyl (C=O) groups is 1. The molecule has 2 amide bonds. The van der Waals surface area contributed by atoms with Crippen LogP contribution in [0.1, 0.15) is 37.3 Å². The Morgan fingerprint density at radius 2 is 1.66 bits per heavy atom. The fourth-order valence-electron chi connectivity index (χ4n) is 5.58. The van der Waals surface area contributed by atoms with Crippen LogP contribution in [0.5, 0.6) is 5.75 Å². The number of benzene rings is 2. The lowest BCUT2D eigenvalue weighted by atomic mass is 9.82. The molecule has 2 saturated heterocycles. The van der Waals surface area contributed by atoms with Crippen LogP contribution >= 0.6 is 0 Å². The van der Waals surface area contributed by atoms with Gasteiger partial charge in [-0.15, -0.1) is 0 Å². The van der Waals surface area contributed by atoms with Gasteiger partial charge in [0.05, 0.1) is 13.2 Å². The van der Waals surface area contributed by atoms with Gasteiger partial charge in [-0.1, -0.05) is 25.1 Å². The SMILES string of the molecule is CCc1cnc(N2CCC3(CCc4cc(-c5ccc(NC(=O)N6CCOCC6)cc5)ccc4O3)CC2)nc1. The summed E-state index contributed by atoms with van der Waals surface area (Å²) in [4.78, 5) is 25.7. The molecule has 0 unspecified atom stereocenters. The number of ether oxygens (including phenoxy) is 2. The summed E-state index contributed by atoms with van der Waals surface area (Å²) in [6, 6.07) is 14.5. The number of fused-ring (bicyclic) bond motifs is 1. The molecule has 3 aliphatic heterocycles. The van der Waals surface area contributed by atoms with Gasteiger partial charge in [0.2, 0.25) is 5.95 Å². The Morgan fingerprint density at radius 1 is 0.947 bits per heavy atom. The molecule has 4 heterocycles. The largest absolute Gasteiger partial charge is 0.487 e. The van der Waals surface area contributed by atoms with Crippen LogP contribution in [0.4, 0.5) is 16.4 Å². The van der Waals surface area contributed by atoms with Crippen LogP contribution in [0.2, 0.25) is 0 Å². The summed E-state index contributed by atoms with van der Waals surface area (Å²) in [5.74, 6) is 1.83. The van der Waals surface area contributed by atoms with Gasteiger partial charge in [-0.3, -0.25) is 0 Å². The number of rotatable bonds is 4. The standard InChI is InChI=1S/C30H35N5O3/c1-2-22-20-31-28(32-21-22)34-13-11-30(12-14-34)10-9-25-19-24(5-8-27(25)38-30)23-3-6-26(7-4-23)33-29(36)35-15-17-37-18-16-35/h3-8,19-21H,2,9-18H2,1H3,(H,33,36). The van der Waals surface area contributed by atoms with Crippen LogP contribution in [0.15, 0.2) is 54.9 Å². The highest BCUT2D eigenvalue weighted by Gasteiger charge is 2.40. The highest BCUT2D eigenvalue weighted by atomic mass is 16.5. The van der Waals surface area contributed by atoms with Gasteiger partial charge in [-0.05, 0) is 65.8 Å². The molecule has 8 nitrogen and oxygen atoms in total. The first-order valence-corrected chi connectivity index (χ1v) is 13.7. The number of aryl methyl sites for hydroxylation is 2. The number of hydrogen-bond acceptors (Lipinski definition) is 6. The molecule has 0 saturated carbocycles. The number of hydrogen-bond donors (Lipinski definition) is 1. The topological polar surface area (TPSA) is 79.8 Å². The lowest BCUT2D eigenvalue weighted by molar-refractivity contribution is 0.0224. The number of amides is 2. The zero-order chi connectivity index (χ0) is 26.0. The maximum atomic E-state index is 12.5. The van der Waals surface area contributed by atoms with Crippen molar-refractivity contribution in [2.24, 2.45) is 0 Å². The van der Waals surface area contributed by atoms with Crippen LogP contribution < -0.4 is 15.0 Å². The van der Waals surface area contributed by atoms with E-state index < -0.39 is 0 Å². The first-order valence-electron chi connectivity index (χ1n) is 13.7. The number of anilines is 2. The van der Waals surface area contributed by atoms with Crippen molar-refractivity contribution in [3.05, 3.63) is 66.0 Å². The van der Waals surface area contributed by atoms with Crippen molar-refractivity contribution < 1.29 is 14.3 Å². The van der Waals surface area contributed by atoms with Crippen molar-refractivity contribution in [1.29, 1.82) is 0 Å². The zero-order valence-electron chi connectivity index (χ0n) is 22.0. The van der Waals surface area contributed by atoms with E-state index in [1.54, 1.807) is 4.90 Å². The van der Waals surface area contributed by atoms with Gasteiger partial charge in [-0.2, -0.15) is 0 Å². The Bertz CT molecular complexity index is 1260. The number of nitrogens with zero attached hydrogens (tertiary/aromatic N) is 4. The normalized spacial score (nSPS) is 18.6. The van der Waals surface area contributed by atoms with Gasteiger partial charge in [-0.25, -0.2) is 14.8 Å². The minimum atomic E-state index is -0.102. The number of urea groups is 1. The Kier molecular flexibility index (Phi) is 6.89. The number of carbonyl (C=O) groups excluding carboxylic acids is 1. The van der Waals surface area contributed by atoms with Gasteiger partial charge < -0.3 is 24.6 Å². The first-order chi connectivity index (χ1) is 18.6. The van der Waals surface area contributed by atoms with Crippen molar-refractivity contribution in [2.45, 2.75) is 44.6 Å². The van der Waals surface area contributed by atoms with Gasteiger partial charge in [0.25, 0.3) is 0 Å². The van der Waals surface area contributed by atoms with Crippen molar-refractivity contribution in [1.82, 2.24) is 14.9 Å². The van der Waals surface area contributed by atoms with E-state index in [0.717, 1.165) is 73.7 Å². The lowest BCUT2D eigenvalue weighted by Crippen LogP contribution is -2.50. The maximum absolute atomic E-state index is 12.5. The number of morpholine rings is 1. The van der Waals surface area contributed by atoms with E-state index in [-0.39, 0.29) is 11.6 Å². The summed E-state index contributed by atoms with van der Waals surface area (Å²) < 4.78 is 12.0. The summed E-state index contributed by atoms with van der Waals surface area (Å²) in [5, 5.41) is 2.99. The van der Waals surface area contributed by atoms with E-state index in [0.29, 0.717) is 26.3 Å². The second-order valence-electron chi connectivity index (χ2n) is 10.4. The van der Waals surface area contributed by atoms with Crippen molar-refractivity contribution in [2.75, 3.05) is 49.6 Å². The highest BCUT2D eigenvalue weighted by molar-refractivity contribution is 5.89. The van der Waals surface area contributed by atoms with E-state index in [1.807, 2.05) is 24.5 Å². The first kappa shape index (κ1) is 24.7. The third-order valence-electron chi connectivity index (χ3n) is 8.06. The molecule has 38 heavy (non-hydrogen) atoms. The van der Waals surface area contributed by atoms with E-state index >= 15 is 0 Å². The average Bonchev–Trinajstić information content (AvgIpc) is 2.98. The fraction of sp³-hybridized carbons (Fsp3) is 0.433. The number of nitrogens with one attached hydrogen (secondary N) is 1. The molecular formula is C30H35N5O3. The minimum absolute atomic E-state index is 0.0753. The van der Waals surface area contributed by atoms with Gasteiger partial charge in [0.15, 0.2) is 0 Å². The Labute approximate surface area is 224 Å². The van der Waals surface area contributed by atoms with Gasteiger partial charge in [0.1, 0.15) is 11.4 Å². The summed E-state index contributed by atoms with van der Waals surface area (Å²) in [6.07, 6.45) is 8.82. The fourth-order valence-corrected chi connectivity index (χ4v) is 5.58. The summed E-state index contributed by atoms with van der Waals surface area (Å²) >= 11 is 0. The maximum Gasteiger partial charge on any atom is 0.321 e. The third-order valence-corrected chi connectivity index (χ3v) is 8.06. The van der Waals surface area contributed by atoms with Crippen molar-refractivity contribution in [3.63, 3.8) is 0 Å². The Morgan fingerprint density at radius 3 is 2.37 bits per heavy atom. The molecule has 8 heteroatoms. The third kappa shape index (κ3) is 5.18. The van der Waals surface area contributed by atoms with Crippen LogP contribution in [0.25, 0.3) is 11.1 Å². The van der Waals surface area contributed by atoms with E-state index in [2.05, 4.69) is 57.4 Å². The van der Waals surface area contributed by atoms with Gasteiger partial charge in [0, 0.05) is 57.1 Å². The Balaban J connectivity index is 1.08. The van der Waals surface area contributed by atoms with E-state index in [9.17, 15) is 4.79 Å². The summed E-state index contributed by atoms with van der Waals surface area (Å²) in [5.41, 5.74) is 5.41. The second-order valence-corrected chi connectivity index (χ2v) is 10.4. The molecule has 0 atom stereocenters. The summed E-state index contributed by atoms with van der Waals surface area (Å²) in [7, 11) is 0. The molecule has 1 N–H and O–H groups in total. The van der Waals surface area contributed by atoms with Crippen molar-refractivity contribution >= 4 is 17.7 Å². The molecule has 3 aliphatic rings. The molecule has 1 aromatic heterocycles. The quantitative estimate of drug-likeness (QED) is 0.533. The molecule has 2 fully saturated rings. The van der Waals surface area contributed by atoms with Crippen LogP contribution in [0.3, 0.4) is 0 Å². The van der Waals surface area contributed by atoms with Crippen molar-refractivity contribution in [3.8, 4) is 16.9 Å². The van der Waals surface area contributed by atoms with Crippen LogP contribution in [-0.4, -0.2) is 65.9 Å². The second kappa shape index (κ2) is 10.6. The number of piperidine rings is 1. The smallest absolute Gasteiger partial charge is 0.321 e. The highest BCUT2D eigenvalue weighted by Crippen LogP contribution is 2.41. The molecule has 0 radical (unpaired) electrons. The molecule has 0 aliphatic carbocycles. The van der Waals surface area contributed by atoms with E-state index in [4.69, 9.17) is 9.47 Å². The minimum Gasteiger partial charge on any atom is -0.487 e. The van der Waals surface area contributed by atoms with Gasteiger partial charge >= 0.3 is 6.03 Å². The number of aromatic nitrogens is 2. The lowest BCUT2D eigenvalue weighted by Gasteiger charge is -2.44. The predicted octanol–water partition coefficient (Wildman–Crippen LogP) is 4.93. The molecule has 6 rings (SSSR count). The molecular weight excluding hydrogens is 478 g/mol. The predicted molar refractivity (Wildman–Crippen MR) is 148 cm³/mol. The van der Waals surface area contributed by atoms with Crippen LogP contribution in [0, 0.1) is 0 Å².